The summed E-state index contributed by atoms with van der Waals surface area (Å²) in [4.78, 5) is 27.3. The summed E-state index contributed by atoms with van der Waals surface area (Å²) in [5, 5.41) is 7.78. The van der Waals surface area contributed by atoms with Gasteiger partial charge in [0.25, 0.3) is 0 Å². The molecular formula is C28H31F3N8O2. The molecule has 13 heteroatoms. The Morgan fingerprint density at radius 1 is 1.15 bits per heavy atom. The van der Waals surface area contributed by atoms with Crippen molar-refractivity contribution in [2.45, 2.75) is 45.6 Å². The second-order valence-corrected chi connectivity index (χ2v) is 11.2. The van der Waals surface area contributed by atoms with E-state index < -0.39 is 12.5 Å². The lowest BCUT2D eigenvalue weighted by Crippen LogP contribution is -2.50. The number of carbonyl (C=O) groups excluding carboxylic acids is 1. The van der Waals surface area contributed by atoms with Gasteiger partial charge in [-0.05, 0) is 60.6 Å². The number of amides is 1. The summed E-state index contributed by atoms with van der Waals surface area (Å²) < 4.78 is 42.7. The van der Waals surface area contributed by atoms with Gasteiger partial charge in [0, 0.05) is 56.7 Å². The first kappa shape index (κ1) is 27.1. The number of ether oxygens (including phenoxy) is 1. The third-order valence-electron chi connectivity index (χ3n) is 7.93. The number of benzene rings is 1. The molecule has 2 aliphatic rings. The van der Waals surface area contributed by atoms with E-state index in [4.69, 9.17) is 0 Å². The molecule has 1 amide bonds. The second kappa shape index (κ2) is 10.4. The summed E-state index contributed by atoms with van der Waals surface area (Å²) in [6.45, 7) is 6.37. The average Bonchev–Trinajstić information content (AvgIpc) is 3.30. The molecule has 0 radical (unpaired) electrons. The molecule has 1 atom stereocenters. The van der Waals surface area contributed by atoms with Crippen LogP contribution >= 0.6 is 0 Å². The van der Waals surface area contributed by atoms with Crippen LogP contribution in [-0.2, 0) is 11.3 Å². The molecule has 1 saturated carbocycles. The number of nitrogens with zero attached hydrogens (tertiary/aromatic N) is 6. The fourth-order valence-electron chi connectivity index (χ4n) is 5.17. The fraction of sp³-hybridized carbons (Fsp3) is 0.429. The van der Waals surface area contributed by atoms with Crippen LogP contribution in [0, 0.1) is 5.41 Å². The Morgan fingerprint density at radius 2 is 1.93 bits per heavy atom. The van der Waals surface area contributed by atoms with Crippen LogP contribution < -0.4 is 5.32 Å². The molecule has 6 rings (SSSR count). The number of hydrogen-bond donors (Lipinski definition) is 2. The van der Waals surface area contributed by atoms with Gasteiger partial charge in [0.15, 0.2) is 0 Å². The summed E-state index contributed by atoms with van der Waals surface area (Å²) in [5.41, 5.74) is 5.18. The van der Waals surface area contributed by atoms with Crippen molar-refractivity contribution < 1.29 is 22.7 Å². The molecule has 2 N–H and O–H groups in total. The maximum absolute atomic E-state index is 12.4. The van der Waals surface area contributed by atoms with Crippen LogP contribution in [0.2, 0.25) is 0 Å². The Balaban J connectivity index is 1.09. The van der Waals surface area contributed by atoms with E-state index in [1.807, 2.05) is 42.1 Å². The molecule has 1 aromatic carbocycles. The number of fused-ring (bicyclic) bond motifs is 1. The van der Waals surface area contributed by atoms with Gasteiger partial charge in [-0.25, -0.2) is 14.8 Å². The molecule has 2 fully saturated rings. The first-order valence-electron chi connectivity index (χ1n) is 13.6. The van der Waals surface area contributed by atoms with Crippen LogP contribution in [0.1, 0.15) is 38.3 Å². The lowest BCUT2D eigenvalue weighted by Gasteiger charge is -2.37. The van der Waals surface area contributed by atoms with Crippen molar-refractivity contribution in [3.8, 4) is 11.1 Å². The highest BCUT2D eigenvalue weighted by molar-refractivity contribution is 5.83. The molecule has 0 bridgehead atoms. The van der Waals surface area contributed by atoms with E-state index in [0.717, 1.165) is 39.2 Å². The van der Waals surface area contributed by atoms with Gasteiger partial charge in [-0.15, -0.1) is 13.2 Å². The third-order valence-corrected chi connectivity index (χ3v) is 7.93. The number of H-pyrrole nitrogens is 1. The largest absolute Gasteiger partial charge is 0.576 e. The van der Waals surface area contributed by atoms with Crippen molar-refractivity contribution in [1.82, 2.24) is 34.5 Å². The van der Waals surface area contributed by atoms with E-state index in [9.17, 15) is 18.0 Å². The highest BCUT2D eigenvalue weighted by Gasteiger charge is 2.38. The quantitative estimate of drug-likeness (QED) is 0.295. The minimum absolute atomic E-state index is 0.0408. The van der Waals surface area contributed by atoms with E-state index in [2.05, 4.69) is 54.2 Å². The molecule has 10 nitrogen and oxygen atoms in total. The van der Waals surface area contributed by atoms with Gasteiger partial charge < -0.3 is 19.9 Å². The Morgan fingerprint density at radius 3 is 2.66 bits per heavy atom. The van der Waals surface area contributed by atoms with E-state index in [1.165, 1.54) is 12.8 Å². The lowest BCUT2D eigenvalue weighted by molar-refractivity contribution is -0.295. The van der Waals surface area contributed by atoms with Crippen LogP contribution in [0.4, 0.5) is 29.7 Å². The number of hydrogen-bond acceptors (Lipinski definition) is 7. The standard InChI is InChI=1S/C28H31F3N8O2/c1-18(37-9-11-38(12-10-37)26(40)41-28(29,30)31)19-5-8-32-24(14-19)36-25-34-22-4-3-20(13-23(22)35-25)21-15-33-39(16-21)17-27(2)6-7-27/h3-5,8,13-16,18H,6-7,9-12,17H2,1-2H3,(H2,32,34,35,36). The van der Waals surface area contributed by atoms with Crippen molar-refractivity contribution in [2.75, 3.05) is 31.5 Å². The number of aromatic nitrogens is 5. The SMILES string of the molecule is CC(c1ccnc(Nc2nc3ccc(-c4cnn(CC5(C)CC5)c4)cc3[nH]2)c1)N1CCN(C(=O)OC(F)(F)F)CC1. The molecule has 0 spiro atoms. The van der Waals surface area contributed by atoms with Gasteiger partial charge in [-0.3, -0.25) is 9.58 Å². The highest BCUT2D eigenvalue weighted by Crippen LogP contribution is 2.46. The number of pyridine rings is 1. The van der Waals surface area contributed by atoms with E-state index in [0.29, 0.717) is 30.3 Å². The van der Waals surface area contributed by atoms with Crippen LogP contribution in [0.5, 0.6) is 0 Å². The number of anilines is 2. The van der Waals surface area contributed by atoms with Crippen LogP contribution in [0.25, 0.3) is 22.2 Å². The monoisotopic (exact) mass is 568 g/mol. The summed E-state index contributed by atoms with van der Waals surface area (Å²) in [6.07, 6.45) is 1.83. The summed E-state index contributed by atoms with van der Waals surface area (Å²) >= 11 is 0. The number of nitrogens with one attached hydrogen (secondary N) is 2. The third kappa shape index (κ3) is 6.29. The Kier molecular flexibility index (Phi) is 6.84. The van der Waals surface area contributed by atoms with Crippen LogP contribution in [-0.4, -0.2) is 73.2 Å². The van der Waals surface area contributed by atoms with Gasteiger partial charge in [0.05, 0.1) is 17.2 Å². The first-order chi connectivity index (χ1) is 19.5. The first-order valence-corrected chi connectivity index (χ1v) is 13.6. The van der Waals surface area contributed by atoms with Crippen molar-refractivity contribution in [1.29, 1.82) is 0 Å². The van der Waals surface area contributed by atoms with E-state index >= 15 is 0 Å². The van der Waals surface area contributed by atoms with Gasteiger partial charge in [0.2, 0.25) is 5.95 Å². The Hall–Kier alpha value is -4.13. The molecule has 41 heavy (non-hydrogen) atoms. The number of carbonyl (C=O) groups is 1. The molecule has 4 aromatic rings. The molecular weight excluding hydrogens is 537 g/mol. The molecule has 1 saturated heterocycles. The summed E-state index contributed by atoms with van der Waals surface area (Å²) in [7, 11) is 0. The summed E-state index contributed by atoms with van der Waals surface area (Å²) in [6, 6.07) is 9.85. The molecule has 216 valence electrons. The number of rotatable bonds is 7. The molecule has 1 aliphatic carbocycles. The highest BCUT2D eigenvalue weighted by atomic mass is 19.4. The minimum atomic E-state index is -4.98. The molecule has 3 aromatic heterocycles. The van der Waals surface area contributed by atoms with Crippen molar-refractivity contribution in [2.24, 2.45) is 5.41 Å². The number of aromatic amines is 1. The van der Waals surface area contributed by atoms with Gasteiger partial charge in [-0.2, -0.15) is 5.10 Å². The number of halogens is 3. The molecule has 1 unspecified atom stereocenters. The number of imidazole rings is 1. The average molecular weight is 569 g/mol. The van der Waals surface area contributed by atoms with E-state index in [1.54, 1.807) is 6.20 Å². The minimum Gasteiger partial charge on any atom is -0.356 e. The number of alkyl halides is 3. The van der Waals surface area contributed by atoms with Crippen molar-refractivity contribution >= 4 is 28.9 Å². The van der Waals surface area contributed by atoms with E-state index in [-0.39, 0.29) is 19.1 Å². The predicted molar refractivity (Wildman–Crippen MR) is 146 cm³/mol. The molecule has 1 aliphatic heterocycles. The topological polar surface area (TPSA) is 104 Å². The summed E-state index contributed by atoms with van der Waals surface area (Å²) in [5.74, 6) is 1.17. The zero-order chi connectivity index (χ0) is 28.8. The van der Waals surface area contributed by atoms with Gasteiger partial charge in [-0.1, -0.05) is 13.0 Å². The normalized spacial score (nSPS) is 17.9. The van der Waals surface area contributed by atoms with Crippen molar-refractivity contribution in [3.63, 3.8) is 0 Å². The smallest absolute Gasteiger partial charge is 0.356 e. The second-order valence-electron chi connectivity index (χ2n) is 11.2. The maximum atomic E-state index is 12.4. The Labute approximate surface area is 234 Å². The van der Waals surface area contributed by atoms with Gasteiger partial charge in [0.1, 0.15) is 5.82 Å². The fourth-order valence-corrected chi connectivity index (χ4v) is 5.17. The zero-order valence-electron chi connectivity index (χ0n) is 22.8. The zero-order valence-corrected chi connectivity index (χ0v) is 22.8. The maximum Gasteiger partial charge on any atom is 0.576 e. The van der Waals surface area contributed by atoms with Crippen LogP contribution in [0.3, 0.4) is 0 Å². The predicted octanol–water partition coefficient (Wildman–Crippen LogP) is 5.70. The number of piperazine rings is 1. The Bertz CT molecular complexity index is 1550. The van der Waals surface area contributed by atoms with Crippen LogP contribution in [0.15, 0.2) is 48.9 Å². The van der Waals surface area contributed by atoms with Gasteiger partial charge >= 0.3 is 12.5 Å². The van der Waals surface area contributed by atoms with Crippen molar-refractivity contribution in [3.05, 3.63) is 54.5 Å². The lowest BCUT2D eigenvalue weighted by atomic mass is 10.1. The molecule has 4 heterocycles.